The summed E-state index contributed by atoms with van der Waals surface area (Å²) >= 11 is 0. The zero-order chi connectivity index (χ0) is 67.5. The smallest absolute Gasteiger partial charge is 0.252 e. The molecule has 0 unspecified atom stereocenters. The van der Waals surface area contributed by atoms with E-state index >= 15 is 0 Å². The predicted octanol–water partition coefficient (Wildman–Crippen LogP) is 6.37. The number of fused-ring (bicyclic) bond motifs is 3. The van der Waals surface area contributed by atoms with Crippen molar-refractivity contribution < 1.29 is 28.8 Å². The van der Waals surface area contributed by atoms with Crippen molar-refractivity contribution in [2.24, 2.45) is 34.4 Å². The third-order valence-electron chi connectivity index (χ3n) is 17.5. The van der Waals surface area contributed by atoms with Crippen LogP contribution in [-0.2, 0) is 48.0 Å². The van der Waals surface area contributed by atoms with Gasteiger partial charge in [-0.3, -0.25) is 45.0 Å². The zero-order valence-corrected chi connectivity index (χ0v) is 52.8. The van der Waals surface area contributed by atoms with Gasteiger partial charge in [0, 0.05) is 112 Å². The Hall–Kier alpha value is -11.0. The molecule has 0 fully saturated rings. The van der Waals surface area contributed by atoms with Crippen molar-refractivity contribution in [3.8, 4) is 0 Å². The number of para-hydroxylation sites is 3. The maximum absolute atomic E-state index is 14.5. The highest BCUT2D eigenvalue weighted by molar-refractivity contribution is 6.18. The number of aryl methyl sites for hydroxylation is 3. The van der Waals surface area contributed by atoms with Crippen molar-refractivity contribution in [2.45, 2.75) is 101 Å². The topological polar surface area (TPSA) is 450 Å². The Morgan fingerprint density at radius 3 is 0.883 bits per heavy atom. The van der Waals surface area contributed by atoms with Gasteiger partial charge in [0.15, 0.2) is 51.8 Å². The van der Waals surface area contributed by atoms with Crippen LogP contribution in [0.1, 0.15) is 94.9 Å². The second-order valence-electron chi connectivity index (χ2n) is 24.0. The molecule has 6 aromatic carbocycles. The molecule has 0 aliphatic heterocycles. The molecule has 0 aliphatic rings. The Labute approximate surface area is 543 Å². The number of carbonyl (C=O) groups is 6. The van der Waals surface area contributed by atoms with Crippen molar-refractivity contribution in [1.82, 2.24) is 30.9 Å². The second kappa shape index (κ2) is 29.1. The average Bonchev–Trinajstić information content (AvgIpc) is 1.55. The fourth-order valence-electron chi connectivity index (χ4n) is 12.1. The molecule has 24 heteroatoms. The molecule has 3 aromatic heterocycles. The Kier molecular flexibility index (Phi) is 20.9. The molecule has 9 aromatic rings. The highest BCUT2D eigenvalue weighted by atomic mass is 16.2. The lowest BCUT2D eigenvalue weighted by molar-refractivity contribution is -0.134. The molecule has 0 spiro atoms. The van der Waals surface area contributed by atoms with Crippen molar-refractivity contribution in [3.05, 3.63) is 196 Å². The maximum atomic E-state index is 14.5. The largest absolute Gasteiger partial charge is 0.370 e. The first-order chi connectivity index (χ1) is 44.9. The number of amides is 3. The first-order valence-corrected chi connectivity index (χ1v) is 31.0. The monoisotopic (exact) mass is 1270 g/mol. The maximum Gasteiger partial charge on any atom is 0.252 e. The number of aromatic amines is 3. The minimum atomic E-state index is -2.00. The van der Waals surface area contributed by atoms with E-state index in [1.165, 1.54) is 0 Å². The van der Waals surface area contributed by atoms with Crippen molar-refractivity contribution in [1.29, 1.82) is 16.2 Å². The summed E-state index contributed by atoms with van der Waals surface area (Å²) in [4.78, 5) is 96.7. The highest BCUT2D eigenvalue weighted by Gasteiger charge is 2.44. The van der Waals surface area contributed by atoms with Gasteiger partial charge in [0.2, 0.25) is 0 Å². The number of H-pyrrole nitrogens is 3. The highest BCUT2D eigenvalue weighted by Crippen LogP contribution is 2.36. The zero-order valence-electron chi connectivity index (χ0n) is 52.8. The Morgan fingerprint density at radius 1 is 0.394 bits per heavy atom. The number of hydrogen-bond acceptors (Lipinski definition) is 12. The van der Waals surface area contributed by atoms with E-state index in [9.17, 15) is 28.8 Å². The van der Waals surface area contributed by atoms with E-state index in [-0.39, 0.29) is 95.3 Å². The van der Waals surface area contributed by atoms with Gasteiger partial charge < -0.3 is 81.3 Å². The van der Waals surface area contributed by atoms with Crippen LogP contribution in [0.4, 0.5) is 17.1 Å². The van der Waals surface area contributed by atoms with Crippen LogP contribution < -0.4 is 66.3 Å². The lowest BCUT2D eigenvalue weighted by Gasteiger charge is -2.28. The minimum absolute atomic E-state index is 0.0653. The summed E-state index contributed by atoms with van der Waals surface area (Å²) in [5.74, 6) is -5.06. The van der Waals surface area contributed by atoms with E-state index in [1.54, 1.807) is 36.4 Å². The number of nitrogens with one attached hydrogen (secondary N) is 12. The summed E-state index contributed by atoms with van der Waals surface area (Å²) in [6, 6.07) is 43.7. The molecule has 0 bridgehead atoms. The van der Waals surface area contributed by atoms with Gasteiger partial charge in [-0.25, -0.2) is 0 Å². The first-order valence-electron chi connectivity index (χ1n) is 31.0. The number of hydrogen-bond donors (Lipinski definition) is 18. The molecule has 94 heavy (non-hydrogen) atoms. The van der Waals surface area contributed by atoms with Crippen LogP contribution in [0.25, 0.3) is 32.7 Å². The number of aromatic nitrogens is 3. The molecule has 24 nitrogen and oxygen atoms in total. The van der Waals surface area contributed by atoms with Gasteiger partial charge in [-0.1, -0.05) is 91.0 Å². The molecule has 9 rings (SSSR count). The van der Waals surface area contributed by atoms with Crippen LogP contribution in [-0.4, -0.2) is 104 Å². The van der Waals surface area contributed by atoms with Crippen LogP contribution in [0.5, 0.6) is 0 Å². The molecular weight excluding hydrogens is 1190 g/mol. The quantitative estimate of drug-likeness (QED) is 0.00764. The van der Waals surface area contributed by atoms with Crippen molar-refractivity contribution >= 4 is 103 Å². The first kappa shape index (κ1) is 67.4. The number of Topliss-reactive ketones (excluding diaryl/α,β-unsaturated/α-hetero) is 3. The molecule has 3 heterocycles. The van der Waals surface area contributed by atoms with Gasteiger partial charge in [0.25, 0.3) is 17.7 Å². The van der Waals surface area contributed by atoms with Crippen molar-refractivity contribution in [2.75, 3.05) is 35.6 Å². The van der Waals surface area contributed by atoms with Gasteiger partial charge >= 0.3 is 0 Å². The van der Waals surface area contributed by atoms with Crippen LogP contribution in [0.2, 0.25) is 0 Å². The van der Waals surface area contributed by atoms with E-state index in [2.05, 4.69) is 46.9 Å². The standard InChI is InChI=1S/C70H82N18O6/c1-40-52(49-13-4-7-16-55(49)83-40)37-58(89)68(77,31-10-34-80-65(71)72)62(92)86-46-25-19-43(20-26-46)61(44-21-27-47(28-22-44)87-63(93)69(78,32-11-35-81-66(73)74)59(90)38-53-41(2)84-56-17-8-5-14-50(53)56)45-23-29-48(30-24-45)88-64(94)70(79,33-12-36-82-67(75)76)60(91)39-54-42(3)85-57-18-9-6-15-51(54)57/h4-9,13-30,61,83-85H,10-12,31-39,77-79H2,1-3H3,(H,86,92)(H,87,93)(H,88,94)(H4,71,72,80)(H4,73,74,81)(H4,75,76,82)/t68-,69-,70-/m0/s1. The minimum Gasteiger partial charge on any atom is -0.370 e. The van der Waals surface area contributed by atoms with Gasteiger partial charge in [0.05, 0.1) is 0 Å². The van der Waals surface area contributed by atoms with Crippen LogP contribution in [0, 0.1) is 37.0 Å². The van der Waals surface area contributed by atoms with Gasteiger partial charge in [0.1, 0.15) is 0 Å². The molecule has 3 amide bonds. The summed E-state index contributed by atoms with van der Waals surface area (Å²) < 4.78 is 0. The van der Waals surface area contributed by atoms with Crippen LogP contribution in [0.15, 0.2) is 146 Å². The molecule has 488 valence electrons. The average molecular weight is 1270 g/mol. The molecule has 0 aliphatic carbocycles. The van der Waals surface area contributed by atoms with Crippen LogP contribution in [0.3, 0.4) is 0 Å². The van der Waals surface area contributed by atoms with E-state index in [4.69, 9.17) is 50.6 Å². The molecule has 0 saturated heterocycles. The normalized spacial score (nSPS) is 13.6. The SMILES string of the molecule is Cc1[nH]c2ccccc2c1CC(=O)[C@@](N)(CCCNC(=N)N)C(=O)Nc1ccc(C(c2ccc(NC(=O)[C@](N)(CCCNC(=N)N)C(=O)Cc3c(C)[nH]c4ccccc34)cc2)c2ccc(NC(=O)[C@](N)(CCCNC(=N)N)C(=O)Cc3c(C)[nH]c4ccccc34)cc2)cc1. The summed E-state index contributed by atoms with van der Waals surface area (Å²) in [7, 11) is 0. The lowest BCUT2D eigenvalue weighted by atomic mass is 9.83. The fraction of sp³-hybridized carbons (Fsp3) is 0.271. The van der Waals surface area contributed by atoms with Crippen LogP contribution >= 0.6 is 0 Å². The third-order valence-corrected chi connectivity index (χ3v) is 17.5. The van der Waals surface area contributed by atoms with Crippen molar-refractivity contribution in [3.63, 3.8) is 0 Å². The molecule has 3 atom stereocenters. The number of benzene rings is 6. The molecule has 24 N–H and O–H groups in total. The van der Waals surface area contributed by atoms with E-state index in [0.29, 0.717) is 17.1 Å². The number of rotatable bonds is 30. The number of ketones is 3. The molecule has 0 radical (unpaired) electrons. The Morgan fingerprint density at radius 2 is 0.638 bits per heavy atom. The molecular formula is C70H82N18O6. The lowest BCUT2D eigenvalue weighted by Crippen LogP contribution is -2.58. The Balaban J connectivity index is 1.01. The number of carbonyl (C=O) groups excluding carboxylic acids is 6. The predicted molar refractivity (Wildman–Crippen MR) is 370 cm³/mol. The fourth-order valence-corrected chi connectivity index (χ4v) is 12.1. The molecule has 0 saturated carbocycles. The van der Waals surface area contributed by atoms with E-state index in [1.807, 2.05) is 130 Å². The Bertz CT molecular complexity index is 3890. The van der Waals surface area contributed by atoms with Gasteiger partial charge in [-0.15, -0.1) is 0 Å². The summed E-state index contributed by atoms with van der Waals surface area (Å²) in [6.07, 6.45) is 0.137. The number of anilines is 3. The van der Waals surface area contributed by atoms with Gasteiger partial charge in [-0.2, -0.15) is 0 Å². The number of guanidine groups is 3. The second-order valence-corrected chi connectivity index (χ2v) is 24.0. The summed E-state index contributed by atoms with van der Waals surface area (Å²) in [6.45, 7) is 6.17. The van der Waals surface area contributed by atoms with E-state index < -0.39 is 57.6 Å². The third kappa shape index (κ3) is 15.3. The summed E-state index contributed by atoms with van der Waals surface area (Å²) in [5.41, 5.74) is 41.6. The number of nitrogens with two attached hydrogens (primary N) is 6. The van der Waals surface area contributed by atoms with Gasteiger partial charge in [-0.05, 0) is 147 Å². The van der Waals surface area contributed by atoms with E-state index in [0.717, 1.165) is 83.2 Å². The summed E-state index contributed by atoms with van der Waals surface area (Å²) in [5, 5.41) is 42.3.